The summed E-state index contributed by atoms with van der Waals surface area (Å²) in [6.45, 7) is 4.14. The molecule has 0 aliphatic heterocycles. The van der Waals surface area contributed by atoms with E-state index in [0.29, 0.717) is 5.92 Å². The zero-order chi connectivity index (χ0) is 17.7. The Kier molecular flexibility index (Phi) is 5.39. The second kappa shape index (κ2) is 7.29. The lowest BCUT2D eigenvalue weighted by molar-refractivity contribution is -0.137. The maximum atomic E-state index is 12.9. The van der Waals surface area contributed by atoms with Gasteiger partial charge >= 0.3 is 6.18 Å². The Bertz CT molecular complexity index is 735. The second-order valence-corrected chi connectivity index (χ2v) is 5.56. The molecule has 0 spiro atoms. The molecule has 0 fully saturated rings. The van der Waals surface area contributed by atoms with Crippen LogP contribution in [0.3, 0.4) is 0 Å². The summed E-state index contributed by atoms with van der Waals surface area (Å²) in [6, 6.07) is 12.1. The molecule has 0 bridgehead atoms. The van der Waals surface area contributed by atoms with Crippen molar-refractivity contribution < 1.29 is 18.0 Å². The molecule has 0 heterocycles. The maximum absolute atomic E-state index is 12.9. The van der Waals surface area contributed by atoms with Gasteiger partial charge in [0.05, 0.1) is 17.3 Å². The van der Waals surface area contributed by atoms with Gasteiger partial charge in [-0.1, -0.05) is 50.2 Å². The van der Waals surface area contributed by atoms with Crippen molar-refractivity contribution in [3.05, 3.63) is 70.8 Å². The zero-order valence-electron chi connectivity index (χ0n) is 13.3. The van der Waals surface area contributed by atoms with Gasteiger partial charge in [-0.25, -0.2) is 5.43 Å². The van der Waals surface area contributed by atoms with Gasteiger partial charge in [-0.2, -0.15) is 18.3 Å². The summed E-state index contributed by atoms with van der Waals surface area (Å²) in [5.41, 5.74) is 2.58. The molecule has 2 rings (SSSR count). The van der Waals surface area contributed by atoms with Gasteiger partial charge in [-0.15, -0.1) is 0 Å². The lowest BCUT2D eigenvalue weighted by Crippen LogP contribution is -2.22. The number of nitrogens with one attached hydrogen (secondary N) is 1. The fourth-order valence-corrected chi connectivity index (χ4v) is 2.12. The Labute approximate surface area is 138 Å². The third kappa shape index (κ3) is 4.44. The maximum Gasteiger partial charge on any atom is 0.417 e. The summed E-state index contributed by atoms with van der Waals surface area (Å²) in [6.07, 6.45) is -3.21. The van der Waals surface area contributed by atoms with Gasteiger partial charge in [0.1, 0.15) is 0 Å². The van der Waals surface area contributed by atoms with Crippen LogP contribution in [0.4, 0.5) is 13.2 Å². The number of hydrogen-bond acceptors (Lipinski definition) is 2. The first-order valence-electron chi connectivity index (χ1n) is 7.38. The number of carbonyl (C=O) groups excluding carboxylic acids is 1. The number of hydrogen-bond donors (Lipinski definition) is 1. The molecule has 24 heavy (non-hydrogen) atoms. The van der Waals surface area contributed by atoms with Crippen LogP contribution >= 0.6 is 0 Å². The molecule has 1 amide bonds. The predicted molar refractivity (Wildman–Crippen MR) is 87.0 cm³/mol. The SMILES string of the molecule is CC(C)c1ccc(/C=N/NC(=O)c2ccccc2C(F)(F)F)cc1. The normalized spacial score (nSPS) is 11.9. The molecule has 0 saturated heterocycles. The van der Waals surface area contributed by atoms with Crippen LogP contribution < -0.4 is 5.43 Å². The van der Waals surface area contributed by atoms with Crippen molar-refractivity contribution in [2.75, 3.05) is 0 Å². The third-order valence-electron chi connectivity index (χ3n) is 3.46. The first-order valence-corrected chi connectivity index (χ1v) is 7.38. The van der Waals surface area contributed by atoms with Crippen molar-refractivity contribution in [2.24, 2.45) is 5.10 Å². The van der Waals surface area contributed by atoms with E-state index in [1.165, 1.54) is 18.3 Å². The molecule has 3 nitrogen and oxygen atoms in total. The van der Waals surface area contributed by atoms with E-state index in [1.54, 1.807) is 0 Å². The van der Waals surface area contributed by atoms with Crippen molar-refractivity contribution in [1.82, 2.24) is 5.43 Å². The van der Waals surface area contributed by atoms with Gasteiger partial charge in [0.25, 0.3) is 5.91 Å². The molecule has 0 aliphatic rings. The van der Waals surface area contributed by atoms with Gasteiger partial charge in [0.2, 0.25) is 0 Å². The summed E-state index contributed by atoms with van der Waals surface area (Å²) in [5, 5.41) is 3.72. The lowest BCUT2D eigenvalue weighted by atomic mass is 10.0. The van der Waals surface area contributed by atoms with Crippen LogP contribution in [0, 0.1) is 0 Å². The fraction of sp³-hybridized carbons (Fsp3) is 0.222. The van der Waals surface area contributed by atoms with Crippen molar-refractivity contribution in [2.45, 2.75) is 25.9 Å². The molecule has 0 atom stereocenters. The quantitative estimate of drug-likeness (QED) is 0.645. The van der Waals surface area contributed by atoms with E-state index in [9.17, 15) is 18.0 Å². The molecule has 0 radical (unpaired) electrons. The summed E-state index contributed by atoms with van der Waals surface area (Å²) >= 11 is 0. The summed E-state index contributed by atoms with van der Waals surface area (Å²) in [7, 11) is 0. The summed E-state index contributed by atoms with van der Waals surface area (Å²) in [5.74, 6) is -0.507. The summed E-state index contributed by atoms with van der Waals surface area (Å²) in [4.78, 5) is 11.9. The fourth-order valence-electron chi connectivity index (χ4n) is 2.12. The largest absolute Gasteiger partial charge is 0.417 e. The number of nitrogens with zero attached hydrogens (tertiary/aromatic N) is 1. The van der Waals surface area contributed by atoms with E-state index in [-0.39, 0.29) is 0 Å². The minimum Gasteiger partial charge on any atom is -0.267 e. The van der Waals surface area contributed by atoms with Crippen LogP contribution in [0.1, 0.15) is 46.8 Å². The Morgan fingerprint density at radius 2 is 1.71 bits per heavy atom. The number of benzene rings is 2. The number of rotatable bonds is 4. The molecule has 2 aromatic rings. The predicted octanol–water partition coefficient (Wildman–Crippen LogP) is 4.59. The molecular weight excluding hydrogens is 317 g/mol. The van der Waals surface area contributed by atoms with Crippen molar-refractivity contribution in [1.29, 1.82) is 0 Å². The van der Waals surface area contributed by atoms with E-state index in [1.807, 2.05) is 24.3 Å². The molecule has 0 aromatic heterocycles. The first kappa shape index (κ1) is 17.7. The van der Waals surface area contributed by atoms with Crippen LogP contribution in [-0.4, -0.2) is 12.1 Å². The number of alkyl halides is 3. The third-order valence-corrected chi connectivity index (χ3v) is 3.46. The van der Waals surface area contributed by atoms with Gasteiger partial charge in [-0.05, 0) is 29.2 Å². The van der Waals surface area contributed by atoms with Crippen LogP contribution in [0.5, 0.6) is 0 Å². The lowest BCUT2D eigenvalue weighted by Gasteiger charge is -2.11. The van der Waals surface area contributed by atoms with Gasteiger partial charge in [0, 0.05) is 0 Å². The highest BCUT2D eigenvalue weighted by molar-refractivity contribution is 5.96. The second-order valence-electron chi connectivity index (χ2n) is 5.56. The number of carbonyl (C=O) groups is 1. The van der Waals surface area contributed by atoms with E-state index >= 15 is 0 Å². The average Bonchev–Trinajstić information content (AvgIpc) is 2.54. The molecule has 0 saturated carbocycles. The van der Waals surface area contributed by atoms with E-state index in [2.05, 4.69) is 24.4 Å². The first-order chi connectivity index (χ1) is 11.3. The molecule has 0 aliphatic carbocycles. The smallest absolute Gasteiger partial charge is 0.267 e. The molecule has 0 unspecified atom stereocenters. The van der Waals surface area contributed by atoms with E-state index in [0.717, 1.165) is 23.3 Å². The van der Waals surface area contributed by atoms with E-state index in [4.69, 9.17) is 0 Å². The van der Waals surface area contributed by atoms with Crippen molar-refractivity contribution in [3.8, 4) is 0 Å². The number of amides is 1. The highest BCUT2D eigenvalue weighted by Gasteiger charge is 2.34. The van der Waals surface area contributed by atoms with Crippen molar-refractivity contribution in [3.63, 3.8) is 0 Å². The van der Waals surface area contributed by atoms with Gasteiger partial charge in [-0.3, -0.25) is 4.79 Å². The standard InChI is InChI=1S/C18H17F3N2O/c1-12(2)14-9-7-13(8-10-14)11-22-23-17(24)15-5-3-4-6-16(15)18(19,20)21/h3-12H,1-2H3,(H,23,24)/b22-11+. The molecular formula is C18H17F3N2O. The van der Waals surface area contributed by atoms with Crippen molar-refractivity contribution >= 4 is 12.1 Å². The van der Waals surface area contributed by atoms with Crippen LogP contribution in [0.15, 0.2) is 53.6 Å². The number of halogens is 3. The highest BCUT2D eigenvalue weighted by Crippen LogP contribution is 2.31. The zero-order valence-corrected chi connectivity index (χ0v) is 13.3. The molecule has 126 valence electrons. The average molecular weight is 334 g/mol. The number of hydrazone groups is 1. The van der Waals surface area contributed by atoms with Gasteiger partial charge in [0.15, 0.2) is 0 Å². The summed E-state index contributed by atoms with van der Waals surface area (Å²) < 4.78 is 38.6. The van der Waals surface area contributed by atoms with E-state index < -0.39 is 23.2 Å². The van der Waals surface area contributed by atoms with Crippen LogP contribution in [-0.2, 0) is 6.18 Å². The molecule has 6 heteroatoms. The minimum atomic E-state index is -4.59. The molecule has 2 aromatic carbocycles. The Balaban J connectivity index is 2.08. The Morgan fingerprint density at radius 3 is 2.29 bits per heavy atom. The minimum absolute atomic E-state index is 0.398. The Hall–Kier alpha value is -2.63. The van der Waals surface area contributed by atoms with Crippen LogP contribution in [0.25, 0.3) is 0 Å². The Morgan fingerprint density at radius 1 is 1.08 bits per heavy atom. The van der Waals surface area contributed by atoms with Gasteiger partial charge < -0.3 is 0 Å². The molecule has 1 N–H and O–H groups in total. The van der Waals surface area contributed by atoms with Crippen LogP contribution in [0.2, 0.25) is 0 Å². The topological polar surface area (TPSA) is 41.5 Å². The highest BCUT2D eigenvalue weighted by atomic mass is 19.4. The monoisotopic (exact) mass is 334 g/mol.